The van der Waals surface area contributed by atoms with Crippen molar-refractivity contribution >= 4 is 28.0 Å². The highest BCUT2D eigenvalue weighted by Crippen LogP contribution is 2.34. The number of thiophene rings is 1. The molecule has 0 unspecified atom stereocenters. The Bertz CT molecular complexity index is 634. The minimum Gasteiger partial charge on any atom is -0.465 e. The van der Waals surface area contributed by atoms with Gasteiger partial charge in [0.2, 0.25) is 0 Å². The van der Waals surface area contributed by atoms with Crippen molar-refractivity contribution in [1.82, 2.24) is 0 Å². The predicted molar refractivity (Wildman–Crippen MR) is 72.2 cm³/mol. The van der Waals surface area contributed by atoms with Gasteiger partial charge < -0.3 is 10.5 Å². The summed E-state index contributed by atoms with van der Waals surface area (Å²) in [6, 6.07) is 5.91. The Kier molecular flexibility index (Phi) is 3.48. The van der Waals surface area contributed by atoms with Crippen molar-refractivity contribution in [1.29, 1.82) is 0 Å². The first kappa shape index (κ1) is 13.0. The number of ether oxygens (including phenoxy) is 1. The maximum absolute atomic E-state index is 11.7. The van der Waals surface area contributed by atoms with Gasteiger partial charge in [-0.25, -0.2) is 4.79 Å². The van der Waals surface area contributed by atoms with Gasteiger partial charge in [0.15, 0.2) is 0 Å². The van der Waals surface area contributed by atoms with Gasteiger partial charge in [-0.1, -0.05) is 0 Å². The molecule has 0 saturated carbocycles. The molecule has 0 aliphatic rings. The molecule has 0 fully saturated rings. The zero-order valence-electron chi connectivity index (χ0n) is 9.95. The highest BCUT2D eigenvalue weighted by atomic mass is 32.1. The summed E-state index contributed by atoms with van der Waals surface area (Å²) in [5.41, 5.74) is 7.32. The molecule has 19 heavy (non-hydrogen) atoms. The molecule has 0 aliphatic heterocycles. The van der Waals surface area contributed by atoms with Crippen molar-refractivity contribution in [3.05, 3.63) is 45.3 Å². The van der Waals surface area contributed by atoms with Gasteiger partial charge in [0.1, 0.15) is 10.6 Å². The fourth-order valence-corrected chi connectivity index (χ4v) is 2.47. The standard InChI is InChI=1S/C12H10N2O4S/c1-18-12(15)10-9(6-19-11(10)13)7-2-4-8(5-3-7)14(16)17/h2-6H,13H2,1H3. The topological polar surface area (TPSA) is 95.5 Å². The van der Waals surface area contributed by atoms with Crippen molar-refractivity contribution in [2.24, 2.45) is 0 Å². The van der Waals surface area contributed by atoms with E-state index in [-0.39, 0.29) is 5.69 Å². The number of hydrogen-bond donors (Lipinski definition) is 1. The van der Waals surface area contributed by atoms with Gasteiger partial charge in [-0.3, -0.25) is 10.1 Å². The molecule has 1 aromatic carbocycles. The van der Waals surface area contributed by atoms with Gasteiger partial charge in [0.25, 0.3) is 5.69 Å². The SMILES string of the molecule is COC(=O)c1c(-c2ccc([N+](=O)[O-])cc2)csc1N. The number of anilines is 1. The molecule has 1 heterocycles. The number of nitro benzene ring substituents is 1. The number of methoxy groups -OCH3 is 1. The Labute approximate surface area is 112 Å². The molecule has 6 nitrogen and oxygen atoms in total. The van der Waals surface area contributed by atoms with Crippen LogP contribution < -0.4 is 5.73 Å². The van der Waals surface area contributed by atoms with E-state index in [1.807, 2.05) is 0 Å². The highest BCUT2D eigenvalue weighted by Gasteiger charge is 2.19. The third kappa shape index (κ3) is 2.41. The first-order valence-electron chi connectivity index (χ1n) is 5.24. The number of non-ortho nitro benzene ring substituents is 1. The minimum atomic E-state index is -0.521. The second-order valence-corrected chi connectivity index (χ2v) is 4.60. The van der Waals surface area contributed by atoms with E-state index in [0.717, 1.165) is 0 Å². The Morgan fingerprint density at radius 3 is 2.53 bits per heavy atom. The van der Waals surface area contributed by atoms with Gasteiger partial charge in [-0.2, -0.15) is 0 Å². The van der Waals surface area contributed by atoms with E-state index < -0.39 is 10.9 Å². The van der Waals surface area contributed by atoms with Crippen LogP contribution in [0.2, 0.25) is 0 Å². The number of benzene rings is 1. The molecule has 0 amide bonds. The molecule has 2 N–H and O–H groups in total. The first-order valence-corrected chi connectivity index (χ1v) is 6.12. The fourth-order valence-electron chi connectivity index (χ4n) is 1.66. The molecule has 0 saturated heterocycles. The summed E-state index contributed by atoms with van der Waals surface area (Å²) in [5.74, 6) is -0.521. The molecular weight excluding hydrogens is 268 g/mol. The molecule has 0 aliphatic carbocycles. The molecule has 0 spiro atoms. The molecule has 0 atom stereocenters. The Morgan fingerprint density at radius 2 is 2.00 bits per heavy atom. The van der Waals surface area contributed by atoms with Gasteiger partial charge in [-0.05, 0) is 17.7 Å². The largest absolute Gasteiger partial charge is 0.465 e. The summed E-state index contributed by atoms with van der Waals surface area (Å²) >= 11 is 1.22. The number of nitro groups is 1. The minimum absolute atomic E-state index is 0.00781. The quantitative estimate of drug-likeness (QED) is 0.529. The molecular formula is C12H10N2O4S. The lowest BCUT2D eigenvalue weighted by molar-refractivity contribution is -0.384. The van der Waals surface area contributed by atoms with Crippen LogP contribution in [0.25, 0.3) is 11.1 Å². The van der Waals surface area contributed by atoms with E-state index in [4.69, 9.17) is 5.73 Å². The van der Waals surface area contributed by atoms with E-state index >= 15 is 0 Å². The molecule has 1 aromatic heterocycles. The average Bonchev–Trinajstić information content (AvgIpc) is 2.80. The molecule has 0 radical (unpaired) electrons. The van der Waals surface area contributed by atoms with E-state index in [1.165, 1.54) is 30.6 Å². The maximum atomic E-state index is 11.7. The van der Waals surface area contributed by atoms with E-state index in [1.54, 1.807) is 17.5 Å². The number of carbonyl (C=O) groups excluding carboxylic acids is 1. The van der Waals surface area contributed by atoms with Crippen molar-refractivity contribution in [3.8, 4) is 11.1 Å². The Balaban J connectivity index is 2.47. The summed E-state index contributed by atoms with van der Waals surface area (Å²) in [7, 11) is 1.28. The third-order valence-corrected chi connectivity index (χ3v) is 3.41. The van der Waals surface area contributed by atoms with Crippen LogP contribution in [-0.4, -0.2) is 18.0 Å². The van der Waals surface area contributed by atoms with Crippen LogP contribution in [0.4, 0.5) is 10.7 Å². The number of nitrogens with two attached hydrogens (primary N) is 1. The maximum Gasteiger partial charge on any atom is 0.341 e. The lowest BCUT2D eigenvalue weighted by atomic mass is 10.0. The van der Waals surface area contributed by atoms with E-state index in [0.29, 0.717) is 21.7 Å². The highest BCUT2D eigenvalue weighted by molar-refractivity contribution is 7.14. The zero-order chi connectivity index (χ0) is 14.0. The Hall–Kier alpha value is -2.41. The number of nitrogen functional groups attached to an aromatic ring is 1. The second-order valence-electron chi connectivity index (χ2n) is 3.68. The lowest BCUT2D eigenvalue weighted by Gasteiger charge is -2.03. The van der Waals surface area contributed by atoms with Gasteiger partial charge >= 0.3 is 5.97 Å². The smallest absolute Gasteiger partial charge is 0.341 e. The van der Waals surface area contributed by atoms with Crippen LogP contribution in [0, 0.1) is 10.1 Å². The monoisotopic (exact) mass is 278 g/mol. The van der Waals surface area contributed by atoms with Crippen molar-refractivity contribution in [2.75, 3.05) is 12.8 Å². The molecule has 0 bridgehead atoms. The number of hydrogen-bond acceptors (Lipinski definition) is 6. The lowest BCUT2D eigenvalue weighted by Crippen LogP contribution is -2.04. The average molecular weight is 278 g/mol. The summed E-state index contributed by atoms with van der Waals surface area (Å²) in [4.78, 5) is 21.8. The third-order valence-electron chi connectivity index (χ3n) is 2.60. The molecule has 7 heteroatoms. The number of rotatable bonds is 3. The summed E-state index contributed by atoms with van der Waals surface area (Å²) in [6.07, 6.45) is 0. The Morgan fingerprint density at radius 1 is 1.37 bits per heavy atom. The van der Waals surface area contributed by atoms with E-state index in [2.05, 4.69) is 4.74 Å². The molecule has 98 valence electrons. The van der Waals surface area contributed by atoms with Gasteiger partial charge in [-0.15, -0.1) is 11.3 Å². The first-order chi connectivity index (χ1) is 9.04. The predicted octanol–water partition coefficient (Wildman–Crippen LogP) is 2.69. The van der Waals surface area contributed by atoms with Crippen molar-refractivity contribution < 1.29 is 14.5 Å². The van der Waals surface area contributed by atoms with Crippen LogP contribution in [0.5, 0.6) is 0 Å². The number of nitrogens with zero attached hydrogens (tertiary/aromatic N) is 1. The summed E-state index contributed by atoms with van der Waals surface area (Å²) in [6.45, 7) is 0. The number of esters is 1. The van der Waals surface area contributed by atoms with Crippen LogP contribution in [-0.2, 0) is 4.74 Å². The number of carbonyl (C=O) groups is 1. The summed E-state index contributed by atoms with van der Waals surface area (Å²) < 4.78 is 4.68. The van der Waals surface area contributed by atoms with Crippen molar-refractivity contribution in [3.63, 3.8) is 0 Å². The van der Waals surface area contributed by atoms with Crippen LogP contribution >= 0.6 is 11.3 Å². The molecule has 2 aromatic rings. The van der Waals surface area contributed by atoms with Crippen LogP contribution in [0.15, 0.2) is 29.6 Å². The van der Waals surface area contributed by atoms with Crippen molar-refractivity contribution in [2.45, 2.75) is 0 Å². The normalized spacial score (nSPS) is 10.2. The second kappa shape index (κ2) is 5.07. The summed E-state index contributed by atoms with van der Waals surface area (Å²) in [5, 5.41) is 12.7. The van der Waals surface area contributed by atoms with Gasteiger partial charge in [0.05, 0.1) is 12.0 Å². The van der Waals surface area contributed by atoms with Gasteiger partial charge in [0, 0.05) is 23.1 Å². The van der Waals surface area contributed by atoms with Crippen LogP contribution in [0.3, 0.4) is 0 Å². The van der Waals surface area contributed by atoms with E-state index in [9.17, 15) is 14.9 Å². The van der Waals surface area contributed by atoms with Crippen LogP contribution in [0.1, 0.15) is 10.4 Å². The fraction of sp³-hybridized carbons (Fsp3) is 0.0833. The zero-order valence-corrected chi connectivity index (χ0v) is 10.8. The molecule has 2 rings (SSSR count).